The summed E-state index contributed by atoms with van der Waals surface area (Å²) in [5, 5.41) is 0. The molecule has 0 aromatic heterocycles. The van der Waals surface area contributed by atoms with E-state index < -0.39 is 11.6 Å². The summed E-state index contributed by atoms with van der Waals surface area (Å²) in [4.78, 5) is 24.9. The van der Waals surface area contributed by atoms with Gasteiger partial charge in [0.05, 0.1) is 13.7 Å². The minimum atomic E-state index is -1.80. The fourth-order valence-electron chi connectivity index (χ4n) is 2.70. The van der Waals surface area contributed by atoms with Crippen LogP contribution < -0.4 is 4.74 Å². The summed E-state index contributed by atoms with van der Waals surface area (Å²) >= 11 is 0. The van der Waals surface area contributed by atoms with Crippen LogP contribution in [0.1, 0.15) is 18.4 Å². The minimum absolute atomic E-state index is 0.0593. The molecule has 4 nitrogen and oxygen atoms in total. The summed E-state index contributed by atoms with van der Waals surface area (Å²) in [7, 11) is 1.56. The summed E-state index contributed by atoms with van der Waals surface area (Å²) in [5.74, 6) is -0.554. The Hall–Kier alpha value is -1.91. The van der Waals surface area contributed by atoms with Crippen molar-refractivity contribution in [2.24, 2.45) is 5.92 Å². The Balaban J connectivity index is 1.78. The van der Waals surface area contributed by atoms with Crippen LogP contribution in [-0.4, -0.2) is 29.5 Å². The van der Waals surface area contributed by atoms with Crippen molar-refractivity contribution in [1.82, 2.24) is 4.90 Å². The molecule has 1 aromatic rings. The fraction of sp³-hybridized carbons (Fsp3) is 0.429. The molecule has 19 heavy (non-hydrogen) atoms. The summed E-state index contributed by atoms with van der Waals surface area (Å²) in [6.07, 6.45) is 0.119. The van der Waals surface area contributed by atoms with E-state index in [9.17, 15) is 14.0 Å². The van der Waals surface area contributed by atoms with Crippen LogP contribution in [0.25, 0.3) is 0 Å². The first-order valence-electron chi connectivity index (χ1n) is 6.21. The standard InChI is InChI=1S/C14H14FNO3/c1-19-11-4-2-9(3-5-11)8-16-12(17)10-6-14(15,7-10)13(16)18/h2-5,10H,6-8H2,1H3. The SMILES string of the molecule is COc1ccc(CN2C(=O)C3CC(F)(C3)C2=O)cc1. The third-order valence-electron chi connectivity index (χ3n) is 3.88. The van der Waals surface area contributed by atoms with Gasteiger partial charge in [0.1, 0.15) is 5.75 Å². The highest BCUT2D eigenvalue weighted by Gasteiger charge is 2.61. The van der Waals surface area contributed by atoms with E-state index in [1.165, 1.54) is 0 Å². The first-order chi connectivity index (χ1) is 9.03. The van der Waals surface area contributed by atoms with Gasteiger partial charge in [0.15, 0.2) is 5.67 Å². The lowest BCUT2D eigenvalue weighted by atomic mass is 9.67. The molecule has 2 aliphatic heterocycles. The van der Waals surface area contributed by atoms with E-state index in [4.69, 9.17) is 4.74 Å². The van der Waals surface area contributed by atoms with Gasteiger partial charge in [-0.2, -0.15) is 0 Å². The molecule has 0 unspecified atom stereocenters. The molecule has 100 valence electrons. The molecule has 2 heterocycles. The predicted molar refractivity (Wildman–Crippen MR) is 65.1 cm³/mol. The van der Waals surface area contributed by atoms with Gasteiger partial charge in [-0.25, -0.2) is 4.39 Å². The van der Waals surface area contributed by atoms with Crippen LogP contribution in [0.2, 0.25) is 0 Å². The van der Waals surface area contributed by atoms with Gasteiger partial charge in [0.2, 0.25) is 5.91 Å². The second kappa shape index (κ2) is 4.05. The van der Waals surface area contributed by atoms with Crippen molar-refractivity contribution < 1.29 is 18.7 Å². The number of piperidine rings is 2. The molecule has 2 amide bonds. The van der Waals surface area contributed by atoms with E-state index in [1.54, 1.807) is 31.4 Å². The topological polar surface area (TPSA) is 46.6 Å². The lowest BCUT2D eigenvalue weighted by molar-refractivity contribution is -0.180. The lowest BCUT2D eigenvalue weighted by Gasteiger charge is -2.48. The molecule has 4 rings (SSSR count). The average molecular weight is 263 g/mol. The third kappa shape index (κ3) is 1.80. The van der Waals surface area contributed by atoms with Crippen LogP contribution in [0.5, 0.6) is 5.75 Å². The number of nitrogens with zero attached hydrogens (tertiary/aromatic N) is 1. The highest BCUT2D eigenvalue weighted by Crippen LogP contribution is 2.48. The van der Waals surface area contributed by atoms with Crippen molar-refractivity contribution in [3.05, 3.63) is 29.8 Å². The Labute approximate surface area is 110 Å². The zero-order valence-corrected chi connectivity index (χ0v) is 10.6. The van der Waals surface area contributed by atoms with Gasteiger partial charge in [-0.1, -0.05) is 12.1 Å². The van der Waals surface area contributed by atoms with Crippen molar-refractivity contribution in [3.8, 4) is 5.75 Å². The number of fused-ring (bicyclic) bond motifs is 2. The van der Waals surface area contributed by atoms with Crippen molar-refractivity contribution in [1.29, 1.82) is 0 Å². The monoisotopic (exact) mass is 263 g/mol. The average Bonchev–Trinajstić information content (AvgIpc) is 2.38. The molecule has 2 saturated heterocycles. The number of hydrogen-bond donors (Lipinski definition) is 0. The molecule has 0 atom stereocenters. The quantitative estimate of drug-likeness (QED) is 0.779. The molecule has 3 aliphatic rings. The molecule has 1 saturated carbocycles. The molecular formula is C14H14FNO3. The summed E-state index contributed by atoms with van der Waals surface area (Å²) in [5.41, 5.74) is -1.02. The Kier molecular flexibility index (Phi) is 2.59. The van der Waals surface area contributed by atoms with E-state index in [1.807, 2.05) is 0 Å². The number of hydrogen-bond acceptors (Lipinski definition) is 3. The first-order valence-corrected chi connectivity index (χ1v) is 6.21. The number of imide groups is 1. The highest BCUT2D eigenvalue weighted by molar-refractivity contribution is 6.06. The van der Waals surface area contributed by atoms with Crippen molar-refractivity contribution >= 4 is 11.8 Å². The van der Waals surface area contributed by atoms with E-state index >= 15 is 0 Å². The summed E-state index contributed by atoms with van der Waals surface area (Å²) < 4.78 is 19.0. The molecule has 5 heteroatoms. The van der Waals surface area contributed by atoms with Crippen molar-refractivity contribution in [2.75, 3.05) is 7.11 Å². The van der Waals surface area contributed by atoms with E-state index in [0.717, 1.165) is 10.5 Å². The molecule has 0 spiro atoms. The van der Waals surface area contributed by atoms with Crippen LogP contribution in [0.15, 0.2) is 24.3 Å². The Morgan fingerprint density at radius 1 is 1.32 bits per heavy atom. The van der Waals surface area contributed by atoms with E-state index in [-0.39, 0.29) is 31.2 Å². The van der Waals surface area contributed by atoms with Gasteiger partial charge < -0.3 is 4.74 Å². The molecule has 2 bridgehead atoms. The minimum Gasteiger partial charge on any atom is -0.497 e. The zero-order chi connectivity index (χ0) is 13.6. The first kappa shape index (κ1) is 12.1. The number of rotatable bonds is 3. The van der Waals surface area contributed by atoms with Crippen molar-refractivity contribution in [3.63, 3.8) is 0 Å². The van der Waals surface area contributed by atoms with Crippen LogP contribution in [-0.2, 0) is 16.1 Å². The van der Waals surface area contributed by atoms with Gasteiger partial charge in [-0.15, -0.1) is 0 Å². The highest BCUT2D eigenvalue weighted by atomic mass is 19.1. The number of benzene rings is 1. The van der Waals surface area contributed by atoms with Gasteiger partial charge in [-0.05, 0) is 17.7 Å². The smallest absolute Gasteiger partial charge is 0.267 e. The third-order valence-corrected chi connectivity index (χ3v) is 3.88. The number of carbonyl (C=O) groups is 2. The predicted octanol–water partition coefficient (Wildman–Crippen LogP) is 1.68. The summed E-state index contributed by atoms with van der Waals surface area (Å²) in [6.45, 7) is 0.129. The normalized spacial score (nSPS) is 29.2. The zero-order valence-electron chi connectivity index (χ0n) is 10.6. The number of ether oxygens (including phenoxy) is 1. The maximum Gasteiger partial charge on any atom is 0.267 e. The molecule has 0 N–H and O–H groups in total. The molecule has 1 aliphatic carbocycles. The number of methoxy groups -OCH3 is 1. The lowest BCUT2D eigenvalue weighted by Crippen LogP contribution is -2.65. The van der Waals surface area contributed by atoms with Crippen LogP contribution >= 0.6 is 0 Å². The molecule has 1 aromatic carbocycles. The Morgan fingerprint density at radius 2 is 1.95 bits per heavy atom. The Morgan fingerprint density at radius 3 is 2.53 bits per heavy atom. The van der Waals surface area contributed by atoms with Gasteiger partial charge >= 0.3 is 0 Å². The molecule has 0 radical (unpaired) electrons. The van der Waals surface area contributed by atoms with Crippen LogP contribution in [0.4, 0.5) is 4.39 Å². The fourth-order valence-corrected chi connectivity index (χ4v) is 2.70. The molecule has 3 fully saturated rings. The van der Waals surface area contributed by atoms with E-state index in [0.29, 0.717) is 5.75 Å². The maximum absolute atomic E-state index is 14.0. The van der Waals surface area contributed by atoms with Crippen LogP contribution in [0.3, 0.4) is 0 Å². The number of alkyl halides is 1. The largest absolute Gasteiger partial charge is 0.497 e. The number of halogens is 1. The number of carbonyl (C=O) groups excluding carboxylic acids is 2. The van der Waals surface area contributed by atoms with Crippen molar-refractivity contribution in [2.45, 2.75) is 25.1 Å². The van der Waals surface area contributed by atoms with Gasteiger partial charge in [0, 0.05) is 18.8 Å². The molecular weight excluding hydrogens is 249 g/mol. The maximum atomic E-state index is 14.0. The van der Waals surface area contributed by atoms with E-state index in [2.05, 4.69) is 0 Å². The van der Waals surface area contributed by atoms with Gasteiger partial charge in [0.25, 0.3) is 5.91 Å². The second-order valence-electron chi connectivity index (χ2n) is 5.15. The Bertz CT molecular complexity index is 534. The second-order valence-corrected chi connectivity index (χ2v) is 5.15. The van der Waals surface area contributed by atoms with Gasteiger partial charge in [-0.3, -0.25) is 14.5 Å². The van der Waals surface area contributed by atoms with Crippen LogP contribution in [0, 0.1) is 5.92 Å². The number of amides is 2. The summed E-state index contributed by atoms with van der Waals surface area (Å²) in [6, 6.07) is 7.04.